The highest BCUT2D eigenvalue weighted by molar-refractivity contribution is 6.01. The lowest BCUT2D eigenvalue weighted by molar-refractivity contribution is -0.193. The monoisotopic (exact) mass is 705 g/mol. The summed E-state index contributed by atoms with van der Waals surface area (Å²) in [5, 5.41) is 16.3. The Hall–Kier alpha value is -2.02. The van der Waals surface area contributed by atoms with Gasteiger partial charge in [0.1, 0.15) is 5.78 Å². The number of aliphatic carboxylic acids is 1. The first-order chi connectivity index (χ1) is 24.0. The number of carbonyl (C=O) groups excluding carboxylic acids is 3. The van der Waals surface area contributed by atoms with Crippen LogP contribution >= 0.6 is 0 Å². The molecule has 0 radical (unpaired) electrons. The van der Waals surface area contributed by atoms with Crippen LogP contribution < -0.4 is 10.6 Å². The van der Waals surface area contributed by atoms with Gasteiger partial charge in [0.05, 0.1) is 5.92 Å². The predicted octanol–water partition coefficient (Wildman–Crippen LogP) is 8.02. The van der Waals surface area contributed by atoms with Gasteiger partial charge in [0.2, 0.25) is 5.91 Å². The van der Waals surface area contributed by atoms with Gasteiger partial charge in [-0.2, -0.15) is 0 Å². The number of carbonyl (C=O) groups is 4. The van der Waals surface area contributed by atoms with E-state index in [0.29, 0.717) is 72.8 Å². The molecule has 12 atom stereocenters. The number of fused-ring (bicyclic) bond motifs is 7. The standard InChI is InChI=1S/C44H68N2O5/c1-25(2)38-34(48)21-44(22-37(49)46-24-27-9-8-18-45-23-27)17-13-32-29(39(38)44)10-11-36-42(32,6)16-14-35-41(4,5)28(12-15-43(35,36)7)19-33(47)30-20-31(26(30)3)40(50)51/h25-32,35-36,45H,8-24H2,1-7H3,(H,46,49)(H,50,51). The minimum atomic E-state index is -0.756. The molecule has 6 fully saturated rings. The Labute approximate surface area is 307 Å². The number of allylic oxidation sites excluding steroid dienone is 2. The van der Waals surface area contributed by atoms with Gasteiger partial charge in [-0.1, -0.05) is 54.0 Å². The molecule has 7 aliphatic rings. The molecule has 0 spiro atoms. The molecule has 3 N–H and O–H groups in total. The fourth-order valence-corrected chi connectivity index (χ4v) is 14.7. The normalized spacial score (nSPS) is 44.5. The Balaban J connectivity index is 1.09. The number of nitrogens with one attached hydrogen (secondary N) is 2. The van der Waals surface area contributed by atoms with E-state index in [0.717, 1.165) is 63.7 Å². The highest BCUT2D eigenvalue weighted by Crippen LogP contribution is 2.74. The average Bonchev–Trinajstić information content (AvgIpc) is 3.36. The van der Waals surface area contributed by atoms with E-state index >= 15 is 0 Å². The number of ketones is 2. The van der Waals surface area contributed by atoms with Crippen molar-refractivity contribution in [3.05, 3.63) is 11.1 Å². The maximum atomic E-state index is 13.9. The summed E-state index contributed by atoms with van der Waals surface area (Å²) < 4.78 is 0. The third kappa shape index (κ3) is 6.00. The molecule has 5 saturated carbocycles. The zero-order chi connectivity index (χ0) is 36.7. The Morgan fingerprint density at radius 3 is 2.33 bits per heavy atom. The Morgan fingerprint density at radius 1 is 0.922 bits per heavy atom. The van der Waals surface area contributed by atoms with Crippen molar-refractivity contribution in [2.75, 3.05) is 19.6 Å². The van der Waals surface area contributed by atoms with Gasteiger partial charge in [0.15, 0.2) is 5.78 Å². The lowest BCUT2D eigenvalue weighted by atomic mass is 9.35. The van der Waals surface area contributed by atoms with Crippen molar-refractivity contribution in [2.45, 2.75) is 138 Å². The number of piperidine rings is 1. The summed E-state index contributed by atoms with van der Waals surface area (Å²) in [6, 6.07) is 0. The smallest absolute Gasteiger partial charge is 0.306 e. The minimum absolute atomic E-state index is 0.0496. The lowest BCUT2D eigenvalue weighted by Gasteiger charge is -2.69. The van der Waals surface area contributed by atoms with Gasteiger partial charge in [0, 0.05) is 37.1 Å². The van der Waals surface area contributed by atoms with E-state index in [9.17, 15) is 24.3 Å². The molecule has 284 valence electrons. The van der Waals surface area contributed by atoms with Crippen molar-refractivity contribution in [2.24, 2.45) is 80.8 Å². The van der Waals surface area contributed by atoms with E-state index in [1.165, 1.54) is 31.3 Å². The average molecular weight is 705 g/mol. The van der Waals surface area contributed by atoms with E-state index in [-0.39, 0.29) is 51.2 Å². The number of amides is 1. The molecule has 7 rings (SSSR count). The van der Waals surface area contributed by atoms with Crippen molar-refractivity contribution in [1.29, 1.82) is 0 Å². The zero-order valence-electron chi connectivity index (χ0n) is 32.9. The van der Waals surface area contributed by atoms with Crippen LogP contribution in [0.3, 0.4) is 0 Å². The van der Waals surface area contributed by atoms with E-state index < -0.39 is 5.97 Å². The minimum Gasteiger partial charge on any atom is -0.481 e. The molecule has 1 aliphatic heterocycles. The predicted molar refractivity (Wildman–Crippen MR) is 200 cm³/mol. The molecular formula is C44H68N2O5. The Kier molecular flexibility index (Phi) is 9.78. The topological polar surface area (TPSA) is 113 Å². The SMILES string of the molecule is CC(C)C1=C2C3CCC4C(C)(CCC5C(C)(C)C(CC(=O)C6CC(C(=O)O)C6C)CCC54C)C3CCC2(CC(=O)NCC2CCCNC2)CC1=O. The summed E-state index contributed by atoms with van der Waals surface area (Å²) in [5.41, 5.74) is 2.61. The molecule has 1 heterocycles. The van der Waals surface area contributed by atoms with Crippen molar-refractivity contribution in [1.82, 2.24) is 10.6 Å². The van der Waals surface area contributed by atoms with Crippen molar-refractivity contribution in [3.63, 3.8) is 0 Å². The van der Waals surface area contributed by atoms with Gasteiger partial charge < -0.3 is 15.7 Å². The van der Waals surface area contributed by atoms with Gasteiger partial charge in [-0.15, -0.1) is 0 Å². The highest BCUT2D eigenvalue weighted by Gasteiger charge is 2.66. The lowest BCUT2D eigenvalue weighted by Crippen LogP contribution is -2.62. The molecule has 1 amide bonds. The van der Waals surface area contributed by atoms with Gasteiger partial charge >= 0.3 is 5.97 Å². The molecule has 6 aliphatic carbocycles. The molecule has 12 unspecified atom stereocenters. The van der Waals surface area contributed by atoms with Crippen molar-refractivity contribution < 1.29 is 24.3 Å². The first-order valence-corrected chi connectivity index (χ1v) is 21.0. The maximum Gasteiger partial charge on any atom is 0.306 e. The van der Waals surface area contributed by atoms with Crippen LogP contribution in [0.5, 0.6) is 0 Å². The van der Waals surface area contributed by atoms with Crippen LogP contribution in [0.4, 0.5) is 0 Å². The van der Waals surface area contributed by atoms with Crippen LogP contribution in [0.15, 0.2) is 11.1 Å². The third-order valence-electron chi connectivity index (χ3n) is 17.4. The summed E-state index contributed by atoms with van der Waals surface area (Å²) in [5.74, 6) is 2.59. The fraction of sp³-hybridized carbons (Fsp3) is 0.864. The second-order valence-corrected chi connectivity index (χ2v) is 20.4. The van der Waals surface area contributed by atoms with Crippen LogP contribution in [-0.2, 0) is 19.2 Å². The van der Waals surface area contributed by atoms with E-state index in [1.54, 1.807) is 0 Å². The number of rotatable bonds is 9. The van der Waals surface area contributed by atoms with Gasteiger partial charge in [-0.3, -0.25) is 19.2 Å². The summed E-state index contributed by atoms with van der Waals surface area (Å²) in [6.45, 7) is 19.2. The summed E-state index contributed by atoms with van der Waals surface area (Å²) in [7, 11) is 0. The summed E-state index contributed by atoms with van der Waals surface area (Å²) >= 11 is 0. The molecule has 7 heteroatoms. The molecule has 0 aromatic carbocycles. The number of hydrogen-bond acceptors (Lipinski definition) is 5. The third-order valence-corrected chi connectivity index (χ3v) is 17.4. The summed E-state index contributed by atoms with van der Waals surface area (Å²) in [6.07, 6.45) is 13.4. The van der Waals surface area contributed by atoms with E-state index in [1.807, 2.05) is 6.92 Å². The molecule has 0 bridgehead atoms. The highest BCUT2D eigenvalue weighted by atomic mass is 16.4. The number of hydrogen-bond donors (Lipinski definition) is 3. The van der Waals surface area contributed by atoms with Crippen LogP contribution in [-0.4, -0.2) is 48.2 Å². The zero-order valence-corrected chi connectivity index (χ0v) is 32.9. The molecular weight excluding hydrogens is 636 g/mol. The first kappa shape index (κ1) is 37.3. The van der Waals surface area contributed by atoms with E-state index in [2.05, 4.69) is 52.2 Å². The Morgan fingerprint density at radius 2 is 1.67 bits per heavy atom. The molecule has 51 heavy (non-hydrogen) atoms. The second kappa shape index (κ2) is 13.4. The van der Waals surface area contributed by atoms with Crippen LogP contribution in [0, 0.1) is 80.8 Å². The van der Waals surface area contributed by atoms with Gasteiger partial charge in [0.25, 0.3) is 0 Å². The molecule has 7 nitrogen and oxygen atoms in total. The van der Waals surface area contributed by atoms with Crippen molar-refractivity contribution in [3.8, 4) is 0 Å². The van der Waals surface area contributed by atoms with Gasteiger partial charge in [-0.05, 0) is 153 Å². The molecule has 0 aromatic rings. The first-order valence-electron chi connectivity index (χ1n) is 21.0. The Bertz CT molecular complexity index is 1460. The summed E-state index contributed by atoms with van der Waals surface area (Å²) in [4.78, 5) is 52.7. The van der Waals surface area contributed by atoms with E-state index in [4.69, 9.17) is 0 Å². The largest absolute Gasteiger partial charge is 0.481 e. The van der Waals surface area contributed by atoms with Crippen LogP contribution in [0.2, 0.25) is 0 Å². The quantitative estimate of drug-likeness (QED) is 0.224. The molecule has 0 aromatic heterocycles. The molecule has 1 saturated heterocycles. The number of Topliss-reactive ketones (excluding diaryl/α,β-unsaturated/α-hetero) is 2. The maximum absolute atomic E-state index is 13.9. The van der Waals surface area contributed by atoms with Crippen LogP contribution in [0.25, 0.3) is 0 Å². The van der Waals surface area contributed by atoms with Crippen LogP contribution in [0.1, 0.15) is 138 Å². The second-order valence-electron chi connectivity index (χ2n) is 20.4. The van der Waals surface area contributed by atoms with Crippen molar-refractivity contribution >= 4 is 23.4 Å². The number of carboxylic acid groups (broad SMARTS) is 1. The fourth-order valence-electron chi connectivity index (χ4n) is 14.7. The number of carboxylic acids is 1. The van der Waals surface area contributed by atoms with Gasteiger partial charge in [-0.25, -0.2) is 0 Å².